The highest BCUT2D eigenvalue weighted by Gasteiger charge is 2.29. The van der Waals surface area contributed by atoms with Gasteiger partial charge in [0, 0.05) is 37.8 Å². The Kier molecular flexibility index (Phi) is 8.67. The van der Waals surface area contributed by atoms with Crippen LogP contribution in [0.1, 0.15) is 48.9 Å². The Morgan fingerprint density at radius 3 is 2.54 bits per heavy atom. The number of benzene rings is 2. The lowest BCUT2D eigenvalue weighted by Gasteiger charge is -2.31. The van der Waals surface area contributed by atoms with Crippen molar-refractivity contribution >= 4 is 17.3 Å². The van der Waals surface area contributed by atoms with E-state index in [1.807, 2.05) is 18.2 Å². The number of rotatable bonds is 9. The van der Waals surface area contributed by atoms with Gasteiger partial charge in [-0.2, -0.15) is 0 Å². The summed E-state index contributed by atoms with van der Waals surface area (Å²) in [6, 6.07) is 15.7. The Morgan fingerprint density at radius 1 is 0.976 bits per heavy atom. The highest BCUT2D eigenvalue weighted by Crippen LogP contribution is 2.50. The number of carbonyl (C=O) groups excluding carboxylic acids is 1. The van der Waals surface area contributed by atoms with Crippen LogP contribution in [0.4, 0.5) is 11.4 Å². The van der Waals surface area contributed by atoms with E-state index < -0.39 is 0 Å². The number of carbonyl (C=O) groups is 1. The molecule has 3 aromatic rings. The van der Waals surface area contributed by atoms with E-state index in [2.05, 4.69) is 39.8 Å². The fourth-order valence-electron chi connectivity index (χ4n) is 6.19. The number of aryl methyl sites for hydroxylation is 2. The monoisotopic (exact) mass is 557 g/mol. The van der Waals surface area contributed by atoms with E-state index in [1.54, 1.807) is 27.4 Å². The third-order valence-corrected chi connectivity index (χ3v) is 8.04. The number of hydrogen-bond donors (Lipinski definition) is 2. The second-order valence-corrected chi connectivity index (χ2v) is 10.6. The molecule has 1 heterocycles. The summed E-state index contributed by atoms with van der Waals surface area (Å²) in [7, 11) is 4.78. The maximum atomic E-state index is 13.5. The average Bonchev–Trinajstić information content (AvgIpc) is 3.22. The lowest BCUT2D eigenvalue weighted by atomic mass is 9.95. The van der Waals surface area contributed by atoms with Gasteiger partial charge in [0.1, 0.15) is 0 Å². The van der Waals surface area contributed by atoms with Crippen molar-refractivity contribution in [3.63, 3.8) is 0 Å². The fourth-order valence-corrected chi connectivity index (χ4v) is 6.19. The predicted molar refractivity (Wildman–Crippen MR) is 163 cm³/mol. The van der Waals surface area contributed by atoms with Gasteiger partial charge in [0.25, 0.3) is 0 Å². The molecule has 3 aromatic carbocycles. The van der Waals surface area contributed by atoms with E-state index in [9.17, 15) is 9.59 Å². The van der Waals surface area contributed by atoms with Gasteiger partial charge in [-0.3, -0.25) is 9.59 Å². The van der Waals surface area contributed by atoms with E-state index in [4.69, 9.17) is 14.2 Å². The second kappa shape index (κ2) is 12.5. The quantitative estimate of drug-likeness (QED) is 0.353. The van der Waals surface area contributed by atoms with Crippen molar-refractivity contribution in [3.8, 4) is 28.4 Å². The SMILES string of the molecule is COc1cc2c(c(OC)c1OC)-c1ccc(NCCCN3CCCc4ccccc43)c(=O)cc1[C@H](NC(C)=O)CC2. The van der Waals surface area contributed by atoms with Crippen LogP contribution in [0.5, 0.6) is 17.2 Å². The van der Waals surface area contributed by atoms with Crippen LogP contribution < -0.4 is 35.2 Å². The fraction of sp³-hybridized carbons (Fsp3) is 0.394. The summed E-state index contributed by atoms with van der Waals surface area (Å²) in [4.78, 5) is 28.1. The molecule has 1 aliphatic heterocycles. The molecule has 5 rings (SSSR count). The Morgan fingerprint density at radius 2 is 1.78 bits per heavy atom. The maximum Gasteiger partial charge on any atom is 0.217 e. The zero-order valence-electron chi connectivity index (χ0n) is 24.3. The van der Waals surface area contributed by atoms with E-state index in [-0.39, 0.29) is 17.4 Å². The van der Waals surface area contributed by atoms with Crippen molar-refractivity contribution < 1.29 is 19.0 Å². The largest absolute Gasteiger partial charge is 0.493 e. The van der Waals surface area contributed by atoms with Crippen LogP contribution in [0.3, 0.4) is 0 Å². The Bertz CT molecular complexity index is 1490. The number of nitrogens with one attached hydrogen (secondary N) is 2. The molecular weight excluding hydrogens is 518 g/mol. The van der Waals surface area contributed by atoms with E-state index >= 15 is 0 Å². The van der Waals surface area contributed by atoms with Crippen molar-refractivity contribution in [3.05, 3.63) is 75.4 Å². The molecule has 2 aliphatic rings. The highest BCUT2D eigenvalue weighted by molar-refractivity contribution is 5.83. The Balaban J connectivity index is 1.46. The second-order valence-electron chi connectivity index (χ2n) is 10.6. The summed E-state index contributed by atoms with van der Waals surface area (Å²) in [6.07, 6.45) is 4.47. The molecule has 8 heteroatoms. The summed E-state index contributed by atoms with van der Waals surface area (Å²) in [5, 5.41) is 6.44. The molecule has 216 valence electrons. The third-order valence-electron chi connectivity index (χ3n) is 8.04. The number of ether oxygens (including phenoxy) is 3. The summed E-state index contributed by atoms with van der Waals surface area (Å²) in [6.45, 7) is 4.14. The summed E-state index contributed by atoms with van der Waals surface area (Å²) >= 11 is 0. The minimum Gasteiger partial charge on any atom is -0.493 e. The molecule has 1 amide bonds. The van der Waals surface area contributed by atoms with Crippen LogP contribution in [0.15, 0.2) is 53.3 Å². The smallest absolute Gasteiger partial charge is 0.217 e. The van der Waals surface area contributed by atoms with Crippen LogP contribution in [0, 0.1) is 0 Å². The number of fused-ring (bicyclic) bond motifs is 4. The first-order chi connectivity index (χ1) is 19.9. The molecular formula is C33H39N3O5. The number of anilines is 2. The van der Waals surface area contributed by atoms with Gasteiger partial charge >= 0.3 is 0 Å². The molecule has 0 saturated carbocycles. The van der Waals surface area contributed by atoms with Crippen LogP contribution in [-0.4, -0.2) is 46.9 Å². The third kappa shape index (κ3) is 5.82. The molecule has 0 bridgehead atoms. The predicted octanol–water partition coefficient (Wildman–Crippen LogP) is 5.12. The van der Waals surface area contributed by atoms with Crippen LogP contribution in [0.25, 0.3) is 11.1 Å². The maximum absolute atomic E-state index is 13.5. The minimum atomic E-state index is -0.330. The van der Waals surface area contributed by atoms with Gasteiger partial charge in [-0.15, -0.1) is 0 Å². The molecule has 1 aliphatic carbocycles. The molecule has 0 fully saturated rings. The van der Waals surface area contributed by atoms with Gasteiger partial charge in [-0.25, -0.2) is 0 Å². The van der Waals surface area contributed by atoms with Crippen LogP contribution in [0.2, 0.25) is 0 Å². The standard InChI is InChI=1S/C33H39N3O5/c1-21(37)35-26-14-12-23-19-30(39-2)32(40-3)33(41-4)31(23)24-13-15-27(29(38)20-25(24)26)34-16-8-18-36-17-7-10-22-9-5-6-11-28(22)36/h5-6,9,11,13,15,19-20,26H,7-8,10,12,14,16-18H2,1-4H3,(H,34,38)(H,35,37)/t26-/m1/s1. The molecule has 0 unspecified atom stereocenters. The molecule has 1 atom stereocenters. The molecule has 0 saturated heterocycles. The minimum absolute atomic E-state index is 0.118. The number of hydrogen-bond acceptors (Lipinski definition) is 7. The number of nitrogens with zero attached hydrogens (tertiary/aromatic N) is 1. The van der Waals surface area contributed by atoms with Crippen molar-refractivity contribution in [2.24, 2.45) is 0 Å². The lowest BCUT2D eigenvalue weighted by Crippen LogP contribution is -2.31. The normalized spacial score (nSPS) is 15.5. The number of methoxy groups -OCH3 is 3. The number of para-hydroxylation sites is 1. The van der Waals surface area contributed by atoms with Gasteiger partial charge in [-0.05, 0) is 78.6 Å². The van der Waals surface area contributed by atoms with Gasteiger partial charge in [-0.1, -0.05) is 24.3 Å². The molecule has 0 spiro atoms. The van der Waals surface area contributed by atoms with Crippen LogP contribution in [-0.2, 0) is 17.6 Å². The zero-order valence-corrected chi connectivity index (χ0v) is 24.3. The summed E-state index contributed by atoms with van der Waals surface area (Å²) in [5.41, 5.74) is 6.57. The van der Waals surface area contributed by atoms with Crippen LogP contribution >= 0.6 is 0 Å². The summed E-state index contributed by atoms with van der Waals surface area (Å²) < 4.78 is 17.2. The Labute approximate surface area is 241 Å². The van der Waals surface area contributed by atoms with Crippen molar-refractivity contribution in [2.45, 2.75) is 45.1 Å². The van der Waals surface area contributed by atoms with E-state index in [0.29, 0.717) is 42.3 Å². The number of amides is 1. The molecule has 0 aromatic heterocycles. The molecule has 0 radical (unpaired) electrons. The topological polar surface area (TPSA) is 89.1 Å². The average molecular weight is 558 g/mol. The van der Waals surface area contributed by atoms with Crippen molar-refractivity contribution in [1.29, 1.82) is 0 Å². The molecule has 2 N–H and O–H groups in total. The lowest BCUT2D eigenvalue weighted by molar-refractivity contribution is -0.119. The molecule has 41 heavy (non-hydrogen) atoms. The van der Waals surface area contributed by atoms with Crippen molar-refractivity contribution in [2.75, 3.05) is 51.2 Å². The molecule has 8 nitrogen and oxygen atoms in total. The first-order valence-corrected chi connectivity index (χ1v) is 14.3. The zero-order chi connectivity index (χ0) is 28.9. The van der Waals surface area contributed by atoms with Gasteiger partial charge in [0.05, 0.1) is 33.1 Å². The first-order valence-electron chi connectivity index (χ1n) is 14.3. The van der Waals surface area contributed by atoms with E-state index in [0.717, 1.165) is 54.6 Å². The highest BCUT2D eigenvalue weighted by atomic mass is 16.5. The van der Waals surface area contributed by atoms with Crippen molar-refractivity contribution in [1.82, 2.24) is 5.32 Å². The first kappa shape index (κ1) is 28.3. The van der Waals surface area contributed by atoms with Gasteiger partial charge < -0.3 is 29.7 Å². The van der Waals surface area contributed by atoms with Gasteiger partial charge in [0.15, 0.2) is 11.5 Å². The van der Waals surface area contributed by atoms with E-state index in [1.165, 1.54) is 18.2 Å². The van der Waals surface area contributed by atoms with Gasteiger partial charge in [0.2, 0.25) is 17.1 Å². The summed E-state index contributed by atoms with van der Waals surface area (Å²) in [5.74, 6) is 1.46. The Hall–Kier alpha value is -4.20.